The summed E-state index contributed by atoms with van der Waals surface area (Å²) in [6.07, 6.45) is 4.45. The molecule has 0 aromatic heterocycles. The molecule has 2 aromatic rings. The Balaban J connectivity index is 1.79. The van der Waals surface area contributed by atoms with Crippen molar-refractivity contribution in [1.29, 1.82) is 0 Å². The predicted octanol–water partition coefficient (Wildman–Crippen LogP) is 5.80. The minimum Gasteiger partial charge on any atom is -0.478 e. The van der Waals surface area contributed by atoms with Crippen LogP contribution in [0.25, 0.3) is 0 Å². The van der Waals surface area contributed by atoms with Crippen molar-refractivity contribution in [2.75, 3.05) is 11.4 Å². The third-order valence-corrected chi connectivity index (χ3v) is 7.07. The minimum atomic E-state index is -0.871. The first kappa shape index (κ1) is 19.0. The van der Waals surface area contributed by atoms with E-state index in [1.54, 1.807) is 17.7 Å². The van der Waals surface area contributed by atoms with E-state index in [-0.39, 0.29) is 11.0 Å². The molecule has 0 spiro atoms. The van der Waals surface area contributed by atoms with E-state index in [9.17, 15) is 4.79 Å². The maximum Gasteiger partial charge on any atom is 0.335 e. The third kappa shape index (κ3) is 2.67. The van der Waals surface area contributed by atoms with Gasteiger partial charge >= 0.3 is 5.97 Å². The maximum atomic E-state index is 11.1. The smallest absolute Gasteiger partial charge is 0.335 e. The molecule has 3 nitrogen and oxygen atoms in total. The summed E-state index contributed by atoms with van der Waals surface area (Å²) in [5, 5.41) is 9.14. The average Bonchev–Trinajstić information content (AvgIpc) is 2.65. The normalized spacial score (nSPS) is 21.8. The van der Waals surface area contributed by atoms with Crippen LogP contribution in [0.3, 0.4) is 0 Å². The Kier molecular flexibility index (Phi) is 4.33. The Labute approximate surface area is 168 Å². The number of carbonyl (C=O) groups is 1. The zero-order valence-corrected chi connectivity index (χ0v) is 17.7. The van der Waals surface area contributed by atoms with Crippen LogP contribution in [0.15, 0.2) is 30.3 Å². The van der Waals surface area contributed by atoms with Crippen LogP contribution in [0.1, 0.15) is 85.1 Å². The van der Waals surface area contributed by atoms with E-state index < -0.39 is 5.97 Å². The van der Waals surface area contributed by atoms with Crippen LogP contribution >= 0.6 is 0 Å². The lowest BCUT2D eigenvalue weighted by Gasteiger charge is -2.60. The number of nitrogens with zero attached hydrogens (tertiary/aromatic N) is 1. The second kappa shape index (κ2) is 6.37. The molecule has 1 unspecified atom stereocenters. The molecule has 1 heterocycles. The summed E-state index contributed by atoms with van der Waals surface area (Å²) in [5.41, 5.74) is 9.24. The largest absolute Gasteiger partial charge is 0.478 e. The van der Waals surface area contributed by atoms with Gasteiger partial charge in [-0.15, -0.1) is 0 Å². The molecule has 0 radical (unpaired) electrons. The second-order valence-electron chi connectivity index (χ2n) is 9.42. The Morgan fingerprint density at radius 2 is 1.82 bits per heavy atom. The van der Waals surface area contributed by atoms with Gasteiger partial charge in [-0.05, 0) is 79.3 Å². The van der Waals surface area contributed by atoms with E-state index in [4.69, 9.17) is 5.11 Å². The lowest BCUT2D eigenvalue weighted by molar-refractivity contribution is 0.0697. The van der Waals surface area contributed by atoms with E-state index in [2.05, 4.69) is 45.6 Å². The summed E-state index contributed by atoms with van der Waals surface area (Å²) in [5.74, 6) is -0.871. The Morgan fingerprint density at radius 1 is 1.14 bits per heavy atom. The topological polar surface area (TPSA) is 40.5 Å². The summed E-state index contributed by atoms with van der Waals surface area (Å²) in [6.45, 7) is 12.8. The summed E-state index contributed by atoms with van der Waals surface area (Å²) < 4.78 is 0. The Hall–Kier alpha value is -2.29. The summed E-state index contributed by atoms with van der Waals surface area (Å²) in [7, 11) is 0. The first-order valence-electron chi connectivity index (χ1n) is 10.5. The molecule has 2 aromatic carbocycles. The van der Waals surface area contributed by atoms with E-state index in [1.807, 2.05) is 12.1 Å². The molecule has 1 atom stereocenters. The van der Waals surface area contributed by atoms with Gasteiger partial charge in [0.05, 0.1) is 11.1 Å². The van der Waals surface area contributed by atoms with Crippen LogP contribution < -0.4 is 4.90 Å². The molecule has 0 fully saturated rings. The molecule has 3 heteroatoms. The van der Waals surface area contributed by atoms with Crippen molar-refractivity contribution in [3.8, 4) is 0 Å². The van der Waals surface area contributed by atoms with Gasteiger partial charge in [0.2, 0.25) is 0 Å². The zero-order valence-electron chi connectivity index (χ0n) is 17.7. The average molecular weight is 378 g/mol. The SMILES string of the molecule is CCCN1c2c(C)c(Cc3ccc(C(=O)O)cc3)cc3c2C1(C)CCC3(C)C. The summed E-state index contributed by atoms with van der Waals surface area (Å²) in [4.78, 5) is 13.8. The summed E-state index contributed by atoms with van der Waals surface area (Å²) in [6, 6.07) is 9.77. The van der Waals surface area contributed by atoms with Crippen LogP contribution in [-0.2, 0) is 17.4 Å². The summed E-state index contributed by atoms with van der Waals surface area (Å²) >= 11 is 0. The molecule has 1 N–H and O–H groups in total. The number of benzene rings is 2. The molecule has 28 heavy (non-hydrogen) atoms. The van der Waals surface area contributed by atoms with E-state index in [0.29, 0.717) is 5.56 Å². The van der Waals surface area contributed by atoms with Crippen molar-refractivity contribution in [3.05, 3.63) is 63.7 Å². The molecule has 148 valence electrons. The molecule has 2 aliphatic rings. The highest BCUT2D eigenvalue weighted by atomic mass is 16.4. The van der Waals surface area contributed by atoms with Gasteiger partial charge in [-0.3, -0.25) is 0 Å². The number of rotatable bonds is 5. The van der Waals surface area contributed by atoms with Crippen LogP contribution in [-0.4, -0.2) is 17.6 Å². The van der Waals surface area contributed by atoms with Gasteiger partial charge in [0.15, 0.2) is 0 Å². The van der Waals surface area contributed by atoms with Gasteiger partial charge in [0, 0.05) is 17.8 Å². The number of carboxylic acid groups (broad SMARTS) is 1. The van der Waals surface area contributed by atoms with E-state index >= 15 is 0 Å². The van der Waals surface area contributed by atoms with Crippen molar-refractivity contribution in [3.63, 3.8) is 0 Å². The van der Waals surface area contributed by atoms with Crippen molar-refractivity contribution < 1.29 is 9.90 Å². The zero-order chi connectivity index (χ0) is 20.3. The van der Waals surface area contributed by atoms with Crippen LogP contribution in [0, 0.1) is 6.92 Å². The molecule has 0 amide bonds. The number of hydrogen-bond acceptors (Lipinski definition) is 2. The van der Waals surface area contributed by atoms with Crippen LogP contribution in [0.2, 0.25) is 0 Å². The fourth-order valence-electron chi connectivity index (χ4n) is 5.27. The van der Waals surface area contributed by atoms with Crippen LogP contribution in [0.4, 0.5) is 5.69 Å². The molecule has 0 saturated heterocycles. The van der Waals surface area contributed by atoms with E-state index in [0.717, 1.165) is 24.9 Å². The Bertz CT molecular complexity index is 942. The number of anilines is 1. The number of aromatic carboxylic acids is 1. The predicted molar refractivity (Wildman–Crippen MR) is 115 cm³/mol. The monoisotopic (exact) mass is 377 g/mol. The number of hydrogen-bond donors (Lipinski definition) is 1. The molecular weight excluding hydrogens is 346 g/mol. The van der Waals surface area contributed by atoms with Gasteiger partial charge < -0.3 is 10.0 Å². The Morgan fingerprint density at radius 3 is 2.43 bits per heavy atom. The van der Waals surface area contributed by atoms with Gasteiger partial charge in [0.1, 0.15) is 0 Å². The van der Waals surface area contributed by atoms with Crippen molar-refractivity contribution in [2.45, 2.75) is 71.3 Å². The fourth-order valence-corrected chi connectivity index (χ4v) is 5.27. The van der Waals surface area contributed by atoms with Crippen LogP contribution in [0.5, 0.6) is 0 Å². The van der Waals surface area contributed by atoms with Gasteiger partial charge in [-0.1, -0.05) is 39.0 Å². The highest BCUT2D eigenvalue weighted by Gasteiger charge is 2.53. The molecule has 0 bridgehead atoms. The third-order valence-electron chi connectivity index (χ3n) is 7.07. The van der Waals surface area contributed by atoms with Gasteiger partial charge in [-0.2, -0.15) is 0 Å². The molecular formula is C25H31NO2. The maximum absolute atomic E-state index is 11.1. The fraction of sp³-hybridized carbons (Fsp3) is 0.480. The lowest BCUT2D eigenvalue weighted by atomic mass is 9.60. The van der Waals surface area contributed by atoms with Gasteiger partial charge in [-0.25, -0.2) is 4.79 Å². The molecule has 0 saturated carbocycles. The van der Waals surface area contributed by atoms with Crippen molar-refractivity contribution >= 4 is 11.7 Å². The quantitative estimate of drug-likeness (QED) is 0.716. The standard InChI is InChI=1S/C25H31NO2/c1-6-13-26-22-16(2)19(14-17-7-9-18(10-8-17)23(27)28)15-20-21(22)25(26,5)12-11-24(20,3)4/h7-10,15H,6,11-14H2,1-5H3,(H,27,28). The first-order chi connectivity index (χ1) is 13.2. The first-order valence-corrected chi connectivity index (χ1v) is 10.5. The number of carboxylic acids is 1. The lowest BCUT2D eigenvalue weighted by Crippen LogP contribution is -2.58. The second-order valence-corrected chi connectivity index (χ2v) is 9.42. The van der Waals surface area contributed by atoms with E-state index in [1.165, 1.54) is 35.2 Å². The minimum absolute atomic E-state index is 0.197. The molecule has 1 aliphatic carbocycles. The van der Waals surface area contributed by atoms with Crippen molar-refractivity contribution in [2.24, 2.45) is 0 Å². The van der Waals surface area contributed by atoms with Gasteiger partial charge in [0.25, 0.3) is 0 Å². The highest BCUT2D eigenvalue weighted by Crippen LogP contribution is 2.60. The molecule has 1 aliphatic heterocycles. The highest BCUT2D eigenvalue weighted by molar-refractivity contribution is 5.87. The van der Waals surface area contributed by atoms with Crippen molar-refractivity contribution in [1.82, 2.24) is 0 Å². The molecule has 4 rings (SSSR count).